The van der Waals surface area contributed by atoms with Crippen LogP contribution in [0.3, 0.4) is 0 Å². The molecule has 0 aliphatic heterocycles. The fourth-order valence-corrected chi connectivity index (χ4v) is 0.581. The first-order valence-electron chi connectivity index (χ1n) is 3.36. The van der Waals surface area contributed by atoms with E-state index in [9.17, 15) is 4.79 Å². The van der Waals surface area contributed by atoms with Gasteiger partial charge < -0.3 is 9.15 Å². The molecule has 11 heavy (non-hydrogen) atoms. The lowest BCUT2D eigenvalue weighted by molar-refractivity contribution is 0.102. The van der Waals surface area contributed by atoms with Crippen LogP contribution in [0.1, 0.15) is 19.2 Å². The van der Waals surface area contributed by atoms with Gasteiger partial charge in [-0.3, -0.25) is 4.52 Å². The SMILES string of the molecule is CCCOCc1noc(=O)o1. The molecule has 1 aromatic rings. The van der Waals surface area contributed by atoms with Gasteiger partial charge in [-0.1, -0.05) is 6.92 Å². The predicted octanol–water partition coefficient (Wildman–Crippen LogP) is 0.554. The number of nitrogens with zero attached hydrogens (tertiary/aromatic N) is 1. The summed E-state index contributed by atoms with van der Waals surface area (Å²) in [5.74, 6) is -0.608. The van der Waals surface area contributed by atoms with Crippen LogP contribution in [-0.4, -0.2) is 11.8 Å². The Morgan fingerprint density at radius 2 is 2.45 bits per heavy atom. The van der Waals surface area contributed by atoms with Crippen LogP contribution in [0.15, 0.2) is 13.7 Å². The molecule has 0 spiro atoms. The van der Waals surface area contributed by atoms with Gasteiger partial charge in [0.05, 0.1) is 0 Å². The number of hydrogen-bond acceptors (Lipinski definition) is 5. The Hall–Kier alpha value is -1.10. The van der Waals surface area contributed by atoms with Crippen LogP contribution >= 0.6 is 0 Å². The Bertz CT molecular complexity index is 251. The van der Waals surface area contributed by atoms with Gasteiger partial charge in [0.15, 0.2) is 0 Å². The molecule has 5 heteroatoms. The van der Waals surface area contributed by atoms with E-state index in [1.807, 2.05) is 6.92 Å². The highest BCUT2D eigenvalue weighted by Gasteiger charge is 2.01. The van der Waals surface area contributed by atoms with Gasteiger partial charge in [-0.15, -0.1) is 0 Å². The lowest BCUT2D eigenvalue weighted by Gasteiger charge is -1.94. The van der Waals surface area contributed by atoms with Crippen molar-refractivity contribution in [3.63, 3.8) is 0 Å². The first-order chi connectivity index (χ1) is 5.33. The summed E-state index contributed by atoms with van der Waals surface area (Å²) in [5.41, 5.74) is 0. The molecule has 0 N–H and O–H groups in total. The molecule has 0 fully saturated rings. The first-order valence-corrected chi connectivity index (χ1v) is 3.36. The average Bonchev–Trinajstić information content (AvgIpc) is 2.37. The van der Waals surface area contributed by atoms with E-state index in [1.54, 1.807) is 0 Å². The van der Waals surface area contributed by atoms with Gasteiger partial charge in [0.1, 0.15) is 6.61 Å². The largest absolute Gasteiger partial charge is 0.542 e. The van der Waals surface area contributed by atoms with E-state index in [-0.39, 0.29) is 12.5 Å². The van der Waals surface area contributed by atoms with Gasteiger partial charge in [-0.05, 0) is 11.6 Å². The Balaban J connectivity index is 2.33. The second kappa shape index (κ2) is 3.92. The third-order valence-electron chi connectivity index (χ3n) is 0.997. The van der Waals surface area contributed by atoms with Crippen LogP contribution in [0.25, 0.3) is 0 Å². The molecule has 0 aliphatic carbocycles. The first kappa shape index (κ1) is 8.00. The molecule has 0 bridgehead atoms. The normalized spacial score (nSPS) is 10.3. The highest BCUT2D eigenvalue weighted by atomic mass is 16.6. The van der Waals surface area contributed by atoms with Crippen molar-refractivity contribution in [2.45, 2.75) is 20.0 Å². The molecule has 1 heterocycles. The summed E-state index contributed by atoms with van der Waals surface area (Å²) in [4.78, 5) is 10.3. The van der Waals surface area contributed by atoms with Gasteiger partial charge in [0.2, 0.25) is 0 Å². The Kier molecular flexibility index (Phi) is 2.85. The molecule has 1 rings (SSSR count). The van der Waals surface area contributed by atoms with Crippen LogP contribution in [0.4, 0.5) is 0 Å². The molecule has 0 saturated carbocycles. The van der Waals surface area contributed by atoms with Crippen molar-refractivity contribution in [2.75, 3.05) is 6.61 Å². The highest BCUT2D eigenvalue weighted by molar-refractivity contribution is 4.64. The number of ether oxygens (including phenoxy) is 1. The van der Waals surface area contributed by atoms with Crippen LogP contribution in [0.2, 0.25) is 0 Å². The minimum absolute atomic E-state index is 0.184. The molecule has 0 aromatic carbocycles. The minimum atomic E-state index is -0.792. The summed E-state index contributed by atoms with van der Waals surface area (Å²) in [6.07, 6.45) is 0.919. The van der Waals surface area contributed by atoms with Gasteiger partial charge >= 0.3 is 5.82 Å². The summed E-state index contributed by atoms with van der Waals surface area (Å²) in [6.45, 7) is 2.80. The maximum absolute atomic E-state index is 10.3. The zero-order valence-electron chi connectivity index (χ0n) is 6.20. The number of rotatable bonds is 4. The molecule has 0 atom stereocenters. The summed E-state index contributed by atoms with van der Waals surface area (Å²) in [7, 11) is 0. The maximum Gasteiger partial charge on any atom is 0.542 e. The van der Waals surface area contributed by atoms with Gasteiger partial charge in [0.25, 0.3) is 5.89 Å². The number of hydrogen-bond donors (Lipinski definition) is 0. The monoisotopic (exact) mass is 159 g/mol. The van der Waals surface area contributed by atoms with E-state index in [2.05, 4.69) is 14.1 Å². The van der Waals surface area contributed by atoms with Crippen molar-refractivity contribution in [1.29, 1.82) is 0 Å². The van der Waals surface area contributed by atoms with Crippen molar-refractivity contribution in [1.82, 2.24) is 5.16 Å². The lowest BCUT2D eigenvalue weighted by Crippen LogP contribution is -1.94. The minimum Gasteiger partial charge on any atom is -0.372 e. The van der Waals surface area contributed by atoms with E-state index < -0.39 is 5.82 Å². The van der Waals surface area contributed by atoms with E-state index in [1.165, 1.54) is 0 Å². The fraction of sp³-hybridized carbons (Fsp3) is 0.667. The van der Waals surface area contributed by atoms with Gasteiger partial charge in [0, 0.05) is 6.61 Å². The zero-order chi connectivity index (χ0) is 8.10. The summed E-state index contributed by atoms with van der Waals surface area (Å²) < 4.78 is 13.6. The van der Waals surface area contributed by atoms with E-state index in [0.717, 1.165) is 6.42 Å². The summed E-state index contributed by atoms with van der Waals surface area (Å²) in [5, 5.41) is 3.31. The predicted molar refractivity (Wildman–Crippen MR) is 35.0 cm³/mol. The molecule has 0 amide bonds. The summed E-state index contributed by atoms with van der Waals surface area (Å²) in [6, 6.07) is 0. The van der Waals surface area contributed by atoms with E-state index in [4.69, 9.17) is 4.74 Å². The maximum atomic E-state index is 10.3. The Morgan fingerprint density at radius 1 is 1.64 bits per heavy atom. The van der Waals surface area contributed by atoms with Crippen molar-refractivity contribution in [2.24, 2.45) is 0 Å². The van der Waals surface area contributed by atoms with Crippen molar-refractivity contribution in [3.8, 4) is 0 Å². The average molecular weight is 159 g/mol. The standard InChI is InChI=1S/C6H9NO4/c1-2-3-9-4-5-7-11-6(8)10-5/h2-4H2,1H3. The third kappa shape index (κ3) is 2.55. The molecule has 0 unspecified atom stereocenters. The van der Waals surface area contributed by atoms with Gasteiger partial charge in [-0.25, -0.2) is 4.79 Å². The van der Waals surface area contributed by atoms with Crippen LogP contribution in [-0.2, 0) is 11.3 Å². The van der Waals surface area contributed by atoms with Crippen molar-refractivity contribution < 1.29 is 13.7 Å². The second-order valence-corrected chi connectivity index (χ2v) is 1.98. The molecule has 0 saturated heterocycles. The second-order valence-electron chi connectivity index (χ2n) is 1.98. The van der Waals surface area contributed by atoms with Crippen LogP contribution < -0.4 is 5.82 Å². The van der Waals surface area contributed by atoms with Crippen LogP contribution in [0, 0.1) is 0 Å². The smallest absolute Gasteiger partial charge is 0.372 e. The molecular weight excluding hydrogens is 150 g/mol. The van der Waals surface area contributed by atoms with Crippen molar-refractivity contribution >= 4 is 0 Å². The molecule has 0 radical (unpaired) electrons. The fourth-order valence-electron chi connectivity index (χ4n) is 0.581. The third-order valence-corrected chi connectivity index (χ3v) is 0.997. The number of aromatic nitrogens is 1. The molecule has 1 aromatic heterocycles. The highest BCUT2D eigenvalue weighted by Crippen LogP contribution is 1.93. The van der Waals surface area contributed by atoms with E-state index in [0.29, 0.717) is 6.61 Å². The quantitative estimate of drug-likeness (QED) is 0.600. The van der Waals surface area contributed by atoms with Crippen LogP contribution in [0.5, 0.6) is 0 Å². The summed E-state index contributed by atoms with van der Waals surface area (Å²) >= 11 is 0. The topological polar surface area (TPSA) is 65.5 Å². The van der Waals surface area contributed by atoms with Gasteiger partial charge in [-0.2, -0.15) is 0 Å². The molecule has 62 valence electrons. The molecular formula is C6H9NO4. The molecule has 0 aliphatic rings. The Morgan fingerprint density at radius 3 is 3.00 bits per heavy atom. The molecule has 5 nitrogen and oxygen atoms in total. The van der Waals surface area contributed by atoms with Crippen molar-refractivity contribution in [3.05, 3.63) is 16.5 Å². The lowest BCUT2D eigenvalue weighted by atomic mass is 10.5. The zero-order valence-corrected chi connectivity index (χ0v) is 6.20. The Labute approximate surface area is 62.9 Å². The van der Waals surface area contributed by atoms with E-state index >= 15 is 0 Å².